The van der Waals surface area contributed by atoms with Gasteiger partial charge in [-0.25, -0.2) is 8.42 Å². The second-order valence-electron chi connectivity index (χ2n) is 7.92. The highest BCUT2D eigenvalue weighted by Crippen LogP contribution is 2.33. The minimum atomic E-state index is -3.76. The third-order valence-corrected chi connectivity index (χ3v) is 7.40. The lowest BCUT2D eigenvalue weighted by molar-refractivity contribution is -0.118. The molecule has 3 aromatic carbocycles. The highest BCUT2D eigenvalue weighted by atomic mass is 32.2. The molecule has 0 spiro atoms. The van der Waals surface area contributed by atoms with Crippen LogP contribution in [0.3, 0.4) is 0 Å². The normalized spacial score (nSPS) is 14.3. The summed E-state index contributed by atoms with van der Waals surface area (Å²) in [4.78, 5) is 12.8. The number of carbonyl (C=O) groups is 1. The molecule has 0 aliphatic carbocycles. The first kappa shape index (κ1) is 24.7. The van der Waals surface area contributed by atoms with Gasteiger partial charge in [0, 0.05) is 13.1 Å². The van der Waals surface area contributed by atoms with Gasteiger partial charge in [-0.1, -0.05) is 37.3 Å². The number of nitrogens with one attached hydrogen (secondary N) is 1. The van der Waals surface area contributed by atoms with Crippen molar-refractivity contribution in [1.82, 2.24) is 4.31 Å². The smallest absolute Gasteiger partial charge is 0.262 e. The Morgan fingerprint density at radius 1 is 0.971 bits per heavy atom. The summed E-state index contributed by atoms with van der Waals surface area (Å²) in [5, 5.41) is 2.74. The van der Waals surface area contributed by atoms with Crippen LogP contribution in [0.5, 0.6) is 17.2 Å². The number of rotatable bonds is 9. The van der Waals surface area contributed by atoms with E-state index in [-0.39, 0.29) is 30.3 Å². The van der Waals surface area contributed by atoms with E-state index in [1.54, 1.807) is 18.2 Å². The first-order chi connectivity index (χ1) is 17.0. The Hall–Kier alpha value is -3.40. The molecule has 8 nitrogen and oxygen atoms in total. The zero-order chi connectivity index (χ0) is 24.7. The summed E-state index contributed by atoms with van der Waals surface area (Å²) < 4.78 is 44.5. The van der Waals surface area contributed by atoms with Gasteiger partial charge < -0.3 is 19.5 Å². The summed E-state index contributed by atoms with van der Waals surface area (Å²) in [6.45, 7) is 3.06. The van der Waals surface area contributed by atoms with Crippen molar-refractivity contribution in [3.05, 3.63) is 78.4 Å². The molecule has 1 aliphatic rings. The van der Waals surface area contributed by atoms with E-state index in [9.17, 15) is 13.2 Å². The lowest BCUT2D eigenvalue weighted by Gasteiger charge is -2.26. The van der Waals surface area contributed by atoms with Crippen molar-refractivity contribution in [3.8, 4) is 17.2 Å². The van der Waals surface area contributed by atoms with Crippen LogP contribution in [0.4, 0.5) is 5.69 Å². The molecule has 0 aromatic heterocycles. The van der Waals surface area contributed by atoms with Crippen LogP contribution in [0.2, 0.25) is 0 Å². The molecule has 0 saturated carbocycles. The monoisotopic (exact) mass is 496 g/mol. The number of aryl methyl sites for hydroxylation is 1. The van der Waals surface area contributed by atoms with E-state index in [2.05, 4.69) is 12.2 Å². The maximum absolute atomic E-state index is 13.1. The third-order valence-electron chi connectivity index (χ3n) is 5.51. The molecule has 1 heterocycles. The van der Waals surface area contributed by atoms with Crippen LogP contribution >= 0.6 is 0 Å². The number of anilines is 1. The highest BCUT2D eigenvalue weighted by molar-refractivity contribution is 7.89. The molecule has 0 unspecified atom stereocenters. The topological polar surface area (TPSA) is 94.2 Å². The van der Waals surface area contributed by atoms with Gasteiger partial charge in [-0.15, -0.1) is 0 Å². The van der Waals surface area contributed by atoms with E-state index in [0.717, 1.165) is 6.42 Å². The van der Waals surface area contributed by atoms with E-state index in [1.165, 1.54) is 22.0 Å². The first-order valence-corrected chi connectivity index (χ1v) is 12.9. The molecule has 184 valence electrons. The van der Waals surface area contributed by atoms with E-state index in [4.69, 9.17) is 14.2 Å². The number of sulfonamides is 1. The lowest BCUT2D eigenvalue weighted by Crippen LogP contribution is -2.40. The summed E-state index contributed by atoms with van der Waals surface area (Å²) in [6, 6.07) is 21.0. The van der Waals surface area contributed by atoms with Crippen LogP contribution in [-0.2, 0) is 26.0 Å². The molecule has 0 atom stereocenters. The Bertz CT molecular complexity index is 1240. The summed E-state index contributed by atoms with van der Waals surface area (Å²) in [6.07, 6.45) is 0.911. The van der Waals surface area contributed by atoms with Crippen molar-refractivity contribution < 1.29 is 27.4 Å². The van der Waals surface area contributed by atoms with E-state index >= 15 is 0 Å². The van der Waals surface area contributed by atoms with E-state index in [0.29, 0.717) is 30.5 Å². The maximum Gasteiger partial charge on any atom is 0.262 e. The Kier molecular flexibility index (Phi) is 8.02. The quantitative estimate of drug-likeness (QED) is 0.480. The van der Waals surface area contributed by atoms with Crippen LogP contribution in [0.25, 0.3) is 0 Å². The van der Waals surface area contributed by atoms with Crippen molar-refractivity contribution in [2.24, 2.45) is 0 Å². The van der Waals surface area contributed by atoms with Gasteiger partial charge in [0.15, 0.2) is 12.4 Å². The summed E-state index contributed by atoms with van der Waals surface area (Å²) in [5.74, 6) is 1.00. The van der Waals surface area contributed by atoms with Gasteiger partial charge in [0.2, 0.25) is 10.0 Å². The van der Waals surface area contributed by atoms with Crippen LogP contribution in [0.1, 0.15) is 12.5 Å². The number of amides is 1. The zero-order valence-corrected chi connectivity index (χ0v) is 20.3. The number of nitrogens with zero attached hydrogens (tertiary/aromatic N) is 1. The highest BCUT2D eigenvalue weighted by Gasteiger charge is 2.27. The maximum atomic E-state index is 13.1. The number of hydrogen-bond donors (Lipinski definition) is 1. The largest absolute Gasteiger partial charge is 0.484 e. The summed E-state index contributed by atoms with van der Waals surface area (Å²) in [7, 11) is -3.76. The van der Waals surface area contributed by atoms with Crippen molar-refractivity contribution in [2.45, 2.75) is 18.2 Å². The molecule has 1 aliphatic heterocycles. The Morgan fingerprint density at radius 3 is 2.37 bits per heavy atom. The van der Waals surface area contributed by atoms with Gasteiger partial charge in [0.1, 0.15) is 11.5 Å². The molecule has 1 fully saturated rings. The number of para-hydroxylation sites is 1. The van der Waals surface area contributed by atoms with E-state index < -0.39 is 15.9 Å². The fourth-order valence-corrected chi connectivity index (χ4v) is 5.00. The SMILES string of the molecule is CCc1ccc(OCC(=O)Nc2cc(S(=O)(=O)N3CCOCC3)ccc2Oc2ccccc2)cc1. The zero-order valence-electron chi connectivity index (χ0n) is 19.5. The predicted molar refractivity (Wildman–Crippen MR) is 132 cm³/mol. The third kappa shape index (κ3) is 6.39. The molecule has 4 rings (SSSR count). The molecule has 35 heavy (non-hydrogen) atoms. The lowest BCUT2D eigenvalue weighted by atomic mass is 10.2. The standard InChI is InChI=1S/C26H28N2O6S/c1-2-20-8-10-21(11-9-20)33-19-26(29)27-24-18-23(35(30,31)28-14-16-32-17-15-28)12-13-25(24)34-22-6-4-3-5-7-22/h3-13,18H,2,14-17,19H2,1H3,(H,27,29). The van der Waals surface area contributed by atoms with Gasteiger partial charge >= 0.3 is 0 Å². The Balaban J connectivity index is 1.54. The Labute approximate surface area is 205 Å². The molecule has 1 amide bonds. The Morgan fingerprint density at radius 2 is 1.69 bits per heavy atom. The van der Waals surface area contributed by atoms with Gasteiger partial charge in [0.05, 0.1) is 23.8 Å². The molecule has 0 radical (unpaired) electrons. The molecule has 0 bridgehead atoms. The number of hydrogen-bond acceptors (Lipinski definition) is 6. The van der Waals surface area contributed by atoms with Crippen molar-refractivity contribution in [2.75, 3.05) is 38.2 Å². The van der Waals surface area contributed by atoms with Crippen LogP contribution < -0.4 is 14.8 Å². The van der Waals surface area contributed by atoms with Crippen molar-refractivity contribution in [3.63, 3.8) is 0 Å². The summed E-state index contributed by atoms with van der Waals surface area (Å²) >= 11 is 0. The van der Waals surface area contributed by atoms with Crippen molar-refractivity contribution in [1.29, 1.82) is 0 Å². The second-order valence-corrected chi connectivity index (χ2v) is 9.86. The predicted octanol–water partition coefficient (Wildman–Crippen LogP) is 4.08. The van der Waals surface area contributed by atoms with Gasteiger partial charge in [-0.3, -0.25) is 4.79 Å². The second kappa shape index (κ2) is 11.4. The number of benzene rings is 3. The molecular weight excluding hydrogens is 468 g/mol. The van der Waals surface area contributed by atoms with Gasteiger partial charge in [0.25, 0.3) is 5.91 Å². The fourth-order valence-electron chi connectivity index (χ4n) is 3.56. The first-order valence-electron chi connectivity index (χ1n) is 11.4. The van der Waals surface area contributed by atoms with E-state index in [1.807, 2.05) is 42.5 Å². The number of morpholine rings is 1. The average molecular weight is 497 g/mol. The van der Waals surface area contributed by atoms with Crippen LogP contribution in [0.15, 0.2) is 77.7 Å². The minimum absolute atomic E-state index is 0.0613. The molecule has 9 heteroatoms. The average Bonchev–Trinajstić information content (AvgIpc) is 2.90. The molecule has 1 saturated heterocycles. The molecule has 1 N–H and O–H groups in total. The number of ether oxygens (including phenoxy) is 3. The van der Waals surface area contributed by atoms with Gasteiger partial charge in [-0.2, -0.15) is 4.31 Å². The van der Waals surface area contributed by atoms with Crippen LogP contribution in [0, 0.1) is 0 Å². The van der Waals surface area contributed by atoms with Crippen molar-refractivity contribution >= 4 is 21.6 Å². The fraction of sp³-hybridized carbons (Fsp3) is 0.269. The minimum Gasteiger partial charge on any atom is -0.484 e. The van der Waals surface area contributed by atoms with Gasteiger partial charge in [-0.05, 0) is 54.4 Å². The molecule has 3 aromatic rings. The number of carbonyl (C=O) groups excluding carboxylic acids is 1. The van der Waals surface area contributed by atoms with Crippen LogP contribution in [-0.4, -0.2) is 51.5 Å². The summed E-state index contributed by atoms with van der Waals surface area (Å²) in [5.41, 5.74) is 1.40. The molecular formula is C26H28N2O6S.